The highest BCUT2D eigenvalue weighted by molar-refractivity contribution is 9.08. The number of rotatable bonds is 5. The van der Waals surface area contributed by atoms with E-state index in [2.05, 4.69) is 36.4 Å². The Morgan fingerprint density at radius 2 is 2.44 bits per heavy atom. The molecule has 0 aliphatic heterocycles. The minimum atomic E-state index is 0.712. The molecule has 0 aromatic carbocycles. The van der Waals surface area contributed by atoms with Gasteiger partial charge in [-0.2, -0.15) is 0 Å². The highest BCUT2D eigenvalue weighted by Crippen LogP contribution is 2.25. The molecule has 2 aromatic heterocycles. The summed E-state index contributed by atoms with van der Waals surface area (Å²) in [6, 6.07) is 0. The first-order chi connectivity index (χ1) is 7.77. The van der Waals surface area contributed by atoms with Gasteiger partial charge in [0.1, 0.15) is 0 Å². The highest BCUT2D eigenvalue weighted by atomic mass is 79.9. The van der Waals surface area contributed by atoms with E-state index in [1.54, 1.807) is 18.4 Å². The molecule has 0 saturated carbocycles. The summed E-state index contributed by atoms with van der Waals surface area (Å²) in [5, 5.41) is 2.85. The van der Waals surface area contributed by atoms with E-state index in [1.807, 2.05) is 12.4 Å². The maximum atomic E-state index is 5.08. The first-order valence-corrected chi connectivity index (χ1v) is 6.98. The van der Waals surface area contributed by atoms with Gasteiger partial charge in [0.05, 0.1) is 12.3 Å². The molecule has 2 heterocycles. The Bertz CT molecular complexity index is 468. The van der Waals surface area contributed by atoms with Crippen molar-refractivity contribution in [1.82, 2.24) is 9.38 Å². The Morgan fingerprint density at radius 1 is 1.62 bits per heavy atom. The summed E-state index contributed by atoms with van der Waals surface area (Å²) < 4.78 is 7.20. The molecular formula is C10H14BrN3OS. The lowest BCUT2D eigenvalue weighted by Crippen LogP contribution is -2.23. The number of thiazole rings is 1. The monoisotopic (exact) mass is 303 g/mol. The van der Waals surface area contributed by atoms with E-state index in [-0.39, 0.29) is 0 Å². The number of imidazole rings is 1. The van der Waals surface area contributed by atoms with Crippen molar-refractivity contribution < 1.29 is 4.74 Å². The number of halogens is 1. The zero-order valence-electron chi connectivity index (χ0n) is 9.31. The van der Waals surface area contributed by atoms with Crippen LogP contribution in [0.2, 0.25) is 0 Å². The van der Waals surface area contributed by atoms with Crippen LogP contribution in [0.5, 0.6) is 0 Å². The maximum absolute atomic E-state index is 5.08. The number of anilines is 1. The fraction of sp³-hybridized carbons (Fsp3) is 0.500. The van der Waals surface area contributed by atoms with Gasteiger partial charge < -0.3 is 9.64 Å². The molecule has 16 heavy (non-hydrogen) atoms. The van der Waals surface area contributed by atoms with Gasteiger partial charge in [-0.25, -0.2) is 4.98 Å². The van der Waals surface area contributed by atoms with Crippen LogP contribution in [0.3, 0.4) is 0 Å². The smallest absolute Gasteiger partial charge is 0.195 e. The third-order valence-electron chi connectivity index (χ3n) is 2.46. The van der Waals surface area contributed by atoms with Crippen LogP contribution in [0.1, 0.15) is 5.69 Å². The lowest BCUT2D eigenvalue weighted by atomic mass is 10.4. The van der Waals surface area contributed by atoms with Gasteiger partial charge in [-0.3, -0.25) is 4.40 Å². The number of likely N-dealkylation sites (N-methyl/N-ethyl adjacent to an activating group) is 1. The van der Waals surface area contributed by atoms with Crippen LogP contribution < -0.4 is 4.90 Å². The number of hydrogen-bond donors (Lipinski definition) is 0. The van der Waals surface area contributed by atoms with Crippen molar-refractivity contribution in [1.29, 1.82) is 0 Å². The van der Waals surface area contributed by atoms with Gasteiger partial charge in [0.25, 0.3) is 0 Å². The van der Waals surface area contributed by atoms with E-state index in [9.17, 15) is 0 Å². The van der Waals surface area contributed by atoms with E-state index in [0.29, 0.717) is 6.61 Å². The summed E-state index contributed by atoms with van der Waals surface area (Å²) in [6.07, 6.45) is 2.05. The summed E-state index contributed by atoms with van der Waals surface area (Å²) >= 11 is 5.17. The third kappa shape index (κ3) is 2.09. The minimum Gasteiger partial charge on any atom is -0.383 e. The third-order valence-corrected chi connectivity index (χ3v) is 3.75. The van der Waals surface area contributed by atoms with Crippen LogP contribution in [-0.4, -0.2) is 36.7 Å². The van der Waals surface area contributed by atoms with Crippen LogP contribution in [0.25, 0.3) is 4.96 Å². The largest absolute Gasteiger partial charge is 0.383 e. The Hall–Kier alpha value is -0.590. The number of fused-ring (bicyclic) bond motifs is 1. The first kappa shape index (κ1) is 11.9. The van der Waals surface area contributed by atoms with Crippen LogP contribution in [0.4, 0.5) is 5.82 Å². The Morgan fingerprint density at radius 3 is 3.12 bits per heavy atom. The Balaban J connectivity index is 2.31. The standard InChI is InChI=1S/C10H14BrN3OS/c1-13(3-5-15-2)9-8(7-11)14-4-6-16-10(14)12-9/h4,6H,3,5,7H2,1-2H3. The average molecular weight is 304 g/mol. The van der Waals surface area contributed by atoms with Crippen molar-refractivity contribution in [3.8, 4) is 0 Å². The van der Waals surface area contributed by atoms with Gasteiger partial charge >= 0.3 is 0 Å². The number of hydrogen-bond acceptors (Lipinski definition) is 4. The summed E-state index contributed by atoms with van der Waals surface area (Å²) in [4.78, 5) is 7.78. The molecule has 6 heteroatoms. The molecule has 0 spiro atoms. The SMILES string of the molecule is COCCN(C)c1nc2sccn2c1CBr. The molecule has 0 atom stereocenters. The molecule has 0 radical (unpaired) electrons. The fourth-order valence-electron chi connectivity index (χ4n) is 1.59. The van der Waals surface area contributed by atoms with E-state index in [1.165, 1.54) is 5.69 Å². The molecule has 0 aliphatic carbocycles. The van der Waals surface area contributed by atoms with Crippen molar-refractivity contribution in [2.75, 3.05) is 32.2 Å². The number of ether oxygens (including phenoxy) is 1. The minimum absolute atomic E-state index is 0.712. The Labute approximate surface area is 107 Å². The molecule has 0 N–H and O–H groups in total. The molecule has 0 aliphatic rings. The quantitative estimate of drug-likeness (QED) is 0.794. The second-order valence-corrected chi connectivity index (χ2v) is 4.92. The van der Waals surface area contributed by atoms with Crippen molar-refractivity contribution in [2.45, 2.75) is 5.33 Å². The molecule has 2 rings (SSSR count). The number of aromatic nitrogens is 2. The topological polar surface area (TPSA) is 29.8 Å². The molecule has 0 fully saturated rings. The molecule has 4 nitrogen and oxygen atoms in total. The van der Waals surface area contributed by atoms with Crippen molar-refractivity contribution in [2.24, 2.45) is 0 Å². The molecule has 0 amide bonds. The average Bonchev–Trinajstić information content (AvgIpc) is 2.84. The van der Waals surface area contributed by atoms with Gasteiger partial charge in [0.15, 0.2) is 10.8 Å². The van der Waals surface area contributed by atoms with Gasteiger partial charge in [-0.05, 0) is 0 Å². The van der Waals surface area contributed by atoms with Crippen LogP contribution >= 0.6 is 27.3 Å². The zero-order valence-corrected chi connectivity index (χ0v) is 11.7. The van der Waals surface area contributed by atoms with Crippen molar-refractivity contribution >= 4 is 38.0 Å². The summed E-state index contributed by atoms with van der Waals surface area (Å²) in [5.74, 6) is 1.03. The molecular weight excluding hydrogens is 290 g/mol. The summed E-state index contributed by atoms with van der Waals surface area (Å²) in [6.45, 7) is 1.56. The number of alkyl halides is 1. The second-order valence-electron chi connectivity index (χ2n) is 3.49. The summed E-state index contributed by atoms with van der Waals surface area (Å²) in [7, 11) is 3.75. The van der Waals surface area contributed by atoms with Crippen LogP contribution in [0, 0.1) is 0 Å². The van der Waals surface area contributed by atoms with Gasteiger partial charge in [-0.15, -0.1) is 11.3 Å². The molecule has 88 valence electrons. The summed E-state index contributed by atoms with van der Waals surface area (Å²) in [5.41, 5.74) is 1.19. The van der Waals surface area contributed by atoms with E-state index < -0.39 is 0 Å². The van der Waals surface area contributed by atoms with Gasteiger partial charge in [-0.1, -0.05) is 15.9 Å². The number of nitrogens with zero attached hydrogens (tertiary/aromatic N) is 3. The van der Waals surface area contributed by atoms with Crippen LogP contribution in [0.15, 0.2) is 11.6 Å². The normalized spacial score (nSPS) is 11.2. The zero-order chi connectivity index (χ0) is 11.5. The van der Waals surface area contributed by atoms with Crippen LogP contribution in [-0.2, 0) is 10.1 Å². The van der Waals surface area contributed by atoms with Gasteiger partial charge in [0.2, 0.25) is 0 Å². The maximum Gasteiger partial charge on any atom is 0.195 e. The second kappa shape index (κ2) is 5.16. The number of methoxy groups -OCH3 is 1. The molecule has 0 saturated heterocycles. The first-order valence-electron chi connectivity index (χ1n) is 4.98. The van der Waals surface area contributed by atoms with E-state index >= 15 is 0 Å². The molecule has 0 bridgehead atoms. The Kier molecular flexibility index (Phi) is 3.83. The fourth-order valence-corrected chi connectivity index (χ4v) is 2.83. The van der Waals surface area contributed by atoms with Crippen molar-refractivity contribution in [3.63, 3.8) is 0 Å². The van der Waals surface area contributed by atoms with Crippen molar-refractivity contribution in [3.05, 3.63) is 17.3 Å². The van der Waals surface area contributed by atoms with E-state index in [0.717, 1.165) is 22.7 Å². The van der Waals surface area contributed by atoms with E-state index in [4.69, 9.17) is 4.74 Å². The lowest BCUT2D eigenvalue weighted by Gasteiger charge is -2.17. The lowest BCUT2D eigenvalue weighted by molar-refractivity contribution is 0.206. The predicted octanol–water partition coefficient (Wildman–Crippen LogP) is 2.37. The highest BCUT2D eigenvalue weighted by Gasteiger charge is 2.15. The van der Waals surface area contributed by atoms with Gasteiger partial charge in [0, 0.05) is 37.6 Å². The molecule has 2 aromatic rings. The predicted molar refractivity (Wildman–Crippen MR) is 70.8 cm³/mol. The molecule has 0 unspecified atom stereocenters.